The predicted octanol–water partition coefficient (Wildman–Crippen LogP) is -0.185. The van der Waals surface area contributed by atoms with Gasteiger partial charge in [-0.2, -0.15) is 13.2 Å². The third-order valence-corrected chi connectivity index (χ3v) is 3.13. The molecule has 0 aromatic rings. The molecule has 0 aliphatic heterocycles. The van der Waals surface area contributed by atoms with Crippen molar-refractivity contribution >= 4 is 10.0 Å². The number of alkyl halides is 3. The average molecular weight is 220 g/mol. The highest BCUT2D eigenvalue weighted by Crippen LogP contribution is 2.13. The largest absolute Gasteiger partial charge is 0.402 e. The summed E-state index contributed by atoms with van der Waals surface area (Å²) in [5.74, 6) is 0. The standard InChI is InChI=1S/C5H11F3N2O2S/c1-4(2-9)13(11,12)10-3-5(6,7)8/h4,10H,2-3,9H2,1H3. The molecule has 0 aromatic carbocycles. The molecule has 0 radical (unpaired) electrons. The monoisotopic (exact) mass is 220 g/mol. The van der Waals surface area contributed by atoms with Gasteiger partial charge in [0.05, 0.1) is 5.25 Å². The molecule has 0 saturated carbocycles. The minimum absolute atomic E-state index is 0.215. The molecule has 0 spiro atoms. The van der Waals surface area contributed by atoms with Crippen LogP contribution >= 0.6 is 0 Å². The molecule has 0 saturated heterocycles. The molecule has 0 aliphatic rings. The van der Waals surface area contributed by atoms with E-state index in [0.29, 0.717) is 0 Å². The van der Waals surface area contributed by atoms with Crippen LogP contribution in [0.2, 0.25) is 0 Å². The van der Waals surface area contributed by atoms with Crippen LogP contribution < -0.4 is 10.5 Å². The maximum absolute atomic E-state index is 11.6. The Labute approximate surface area is 74.3 Å². The fraction of sp³-hybridized carbons (Fsp3) is 1.00. The second kappa shape index (κ2) is 4.25. The maximum Gasteiger partial charge on any atom is 0.402 e. The number of hydrogen-bond acceptors (Lipinski definition) is 3. The van der Waals surface area contributed by atoms with E-state index in [1.165, 1.54) is 11.6 Å². The van der Waals surface area contributed by atoms with Crippen molar-refractivity contribution in [2.24, 2.45) is 5.73 Å². The second-order valence-corrected chi connectivity index (χ2v) is 4.71. The van der Waals surface area contributed by atoms with E-state index in [0.717, 1.165) is 0 Å². The molecule has 13 heavy (non-hydrogen) atoms. The van der Waals surface area contributed by atoms with Gasteiger partial charge in [-0.05, 0) is 6.92 Å². The van der Waals surface area contributed by atoms with E-state index in [-0.39, 0.29) is 6.54 Å². The lowest BCUT2D eigenvalue weighted by Gasteiger charge is -2.12. The lowest BCUT2D eigenvalue weighted by molar-refractivity contribution is -0.121. The highest BCUT2D eigenvalue weighted by atomic mass is 32.2. The average Bonchev–Trinajstić information content (AvgIpc) is 1.98. The van der Waals surface area contributed by atoms with Crippen LogP contribution in [0.5, 0.6) is 0 Å². The Morgan fingerprint density at radius 3 is 2.23 bits per heavy atom. The number of nitrogens with one attached hydrogen (secondary N) is 1. The van der Waals surface area contributed by atoms with Gasteiger partial charge in [-0.25, -0.2) is 13.1 Å². The summed E-state index contributed by atoms with van der Waals surface area (Å²) in [6.45, 7) is -0.536. The molecule has 0 aromatic heterocycles. The van der Waals surface area contributed by atoms with E-state index in [4.69, 9.17) is 5.73 Å². The van der Waals surface area contributed by atoms with Crippen LogP contribution in [0.3, 0.4) is 0 Å². The summed E-state index contributed by atoms with van der Waals surface area (Å²) in [6, 6.07) is 0. The smallest absolute Gasteiger partial charge is 0.329 e. The van der Waals surface area contributed by atoms with E-state index in [1.54, 1.807) is 0 Å². The van der Waals surface area contributed by atoms with Crippen LogP contribution in [-0.4, -0.2) is 32.9 Å². The Hall–Kier alpha value is -0.340. The molecular weight excluding hydrogens is 209 g/mol. The molecule has 1 unspecified atom stereocenters. The molecule has 0 rings (SSSR count). The van der Waals surface area contributed by atoms with Crippen molar-refractivity contribution in [2.75, 3.05) is 13.1 Å². The van der Waals surface area contributed by atoms with Gasteiger partial charge in [0, 0.05) is 6.54 Å². The molecule has 80 valence electrons. The summed E-state index contributed by atoms with van der Waals surface area (Å²) < 4.78 is 58.0. The van der Waals surface area contributed by atoms with Gasteiger partial charge in [0.25, 0.3) is 0 Å². The lowest BCUT2D eigenvalue weighted by Crippen LogP contribution is -2.41. The zero-order valence-electron chi connectivity index (χ0n) is 6.93. The Morgan fingerprint density at radius 1 is 1.46 bits per heavy atom. The zero-order chi connectivity index (χ0) is 10.7. The molecular formula is C5H11F3N2O2S. The van der Waals surface area contributed by atoms with Gasteiger partial charge in [-0.1, -0.05) is 0 Å². The quantitative estimate of drug-likeness (QED) is 0.690. The number of hydrogen-bond donors (Lipinski definition) is 2. The molecule has 8 heteroatoms. The number of nitrogens with two attached hydrogens (primary N) is 1. The zero-order valence-corrected chi connectivity index (χ0v) is 7.74. The summed E-state index contributed by atoms with van der Waals surface area (Å²) in [6.07, 6.45) is -4.54. The van der Waals surface area contributed by atoms with Gasteiger partial charge in [0.1, 0.15) is 6.54 Å². The summed E-state index contributed by atoms with van der Waals surface area (Å²) in [4.78, 5) is 0. The SMILES string of the molecule is CC(CN)S(=O)(=O)NCC(F)(F)F. The minimum Gasteiger partial charge on any atom is -0.329 e. The molecule has 4 nitrogen and oxygen atoms in total. The highest BCUT2D eigenvalue weighted by Gasteiger charge is 2.30. The van der Waals surface area contributed by atoms with E-state index in [2.05, 4.69) is 0 Å². The molecule has 0 amide bonds. The van der Waals surface area contributed by atoms with Gasteiger partial charge in [0.15, 0.2) is 0 Å². The molecule has 0 heterocycles. The summed E-state index contributed by atoms with van der Waals surface area (Å²) in [5.41, 5.74) is 5.00. The van der Waals surface area contributed by atoms with Gasteiger partial charge < -0.3 is 5.73 Å². The number of rotatable bonds is 4. The van der Waals surface area contributed by atoms with Gasteiger partial charge >= 0.3 is 6.18 Å². The van der Waals surface area contributed by atoms with Crippen molar-refractivity contribution in [1.82, 2.24) is 4.72 Å². The van der Waals surface area contributed by atoms with Crippen molar-refractivity contribution in [3.63, 3.8) is 0 Å². The number of sulfonamides is 1. The van der Waals surface area contributed by atoms with Crippen LogP contribution in [0.1, 0.15) is 6.92 Å². The Bertz CT molecular complexity index is 249. The van der Waals surface area contributed by atoms with Crippen LogP contribution in [-0.2, 0) is 10.0 Å². The van der Waals surface area contributed by atoms with Crippen molar-refractivity contribution in [2.45, 2.75) is 18.3 Å². The van der Waals surface area contributed by atoms with Crippen molar-refractivity contribution in [3.05, 3.63) is 0 Å². The summed E-state index contributed by atoms with van der Waals surface area (Å²) in [5, 5.41) is -1.02. The van der Waals surface area contributed by atoms with Crippen LogP contribution in [0.25, 0.3) is 0 Å². The first-order chi connectivity index (χ1) is 5.69. The minimum atomic E-state index is -4.54. The van der Waals surface area contributed by atoms with Crippen LogP contribution in [0, 0.1) is 0 Å². The number of halogens is 3. The molecule has 0 fully saturated rings. The third-order valence-electron chi connectivity index (χ3n) is 1.34. The first kappa shape index (κ1) is 12.7. The first-order valence-corrected chi connectivity index (χ1v) is 4.99. The first-order valence-electron chi connectivity index (χ1n) is 3.44. The van der Waals surface area contributed by atoms with E-state index < -0.39 is 28.0 Å². The second-order valence-electron chi connectivity index (χ2n) is 2.53. The fourth-order valence-electron chi connectivity index (χ4n) is 0.451. The summed E-state index contributed by atoms with van der Waals surface area (Å²) >= 11 is 0. The molecule has 1 atom stereocenters. The Balaban J connectivity index is 4.21. The van der Waals surface area contributed by atoms with E-state index in [1.807, 2.05) is 0 Å². The van der Waals surface area contributed by atoms with E-state index >= 15 is 0 Å². The van der Waals surface area contributed by atoms with Crippen molar-refractivity contribution < 1.29 is 21.6 Å². The van der Waals surface area contributed by atoms with Crippen LogP contribution in [0.4, 0.5) is 13.2 Å². The maximum atomic E-state index is 11.6. The highest BCUT2D eigenvalue weighted by molar-refractivity contribution is 7.90. The normalized spacial score (nSPS) is 15.8. The Kier molecular flexibility index (Phi) is 4.14. The topological polar surface area (TPSA) is 72.2 Å². The third kappa shape index (κ3) is 5.06. The lowest BCUT2D eigenvalue weighted by atomic mass is 10.5. The van der Waals surface area contributed by atoms with Crippen molar-refractivity contribution in [3.8, 4) is 0 Å². The molecule has 0 aliphatic carbocycles. The fourth-order valence-corrected chi connectivity index (χ4v) is 1.35. The van der Waals surface area contributed by atoms with Gasteiger partial charge in [-0.3, -0.25) is 0 Å². The van der Waals surface area contributed by atoms with Crippen molar-refractivity contribution in [1.29, 1.82) is 0 Å². The predicted molar refractivity (Wildman–Crippen MR) is 41.5 cm³/mol. The van der Waals surface area contributed by atoms with E-state index in [9.17, 15) is 21.6 Å². The molecule has 0 bridgehead atoms. The Morgan fingerprint density at radius 2 is 1.92 bits per heavy atom. The molecule has 3 N–H and O–H groups in total. The van der Waals surface area contributed by atoms with Crippen LogP contribution in [0.15, 0.2) is 0 Å². The summed E-state index contributed by atoms with van der Waals surface area (Å²) in [7, 11) is -3.94. The van der Waals surface area contributed by atoms with Gasteiger partial charge in [0.2, 0.25) is 10.0 Å². The van der Waals surface area contributed by atoms with Gasteiger partial charge in [-0.15, -0.1) is 0 Å².